The zero-order chi connectivity index (χ0) is 21.3. The van der Waals surface area contributed by atoms with Gasteiger partial charge in [-0.1, -0.05) is 55.3 Å². The van der Waals surface area contributed by atoms with E-state index < -0.39 is 0 Å². The van der Waals surface area contributed by atoms with Gasteiger partial charge in [-0.25, -0.2) is 9.97 Å². The molecule has 0 aliphatic carbocycles. The fraction of sp³-hybridized carbons (Fsp3) is 0.500. The number of halogens is 1. The van der Waals surface area contributed by atoms with Gasteiger partial charge in [0.2, 0.25) is 0 Å². The Bertz CT molecular complexity index is 825. The average Bonchev–Trinajstić information content (AvgIpc) is 2.75. The van der Waals surface area contributed by atoms with Crippen LogP contribution in [0.15, 0.2) is 35.5 Å². The minimum absolute atomic E-state index is 0.0136. The molecule has 1 aromatic carbocycles. The number of hydrogen-bond donors (Lipinski definition) is 1. The van der Waals surface area contributed by atoms with Crippen LogP contribution in [0.3, 0.4) is 0 Å². The number of aromatic nitrogens is 2. The highest BCUT2D eigenvalue weighted by atomic mass is 35.5. The Morgan fingerprint density at radius 1 is 1.13 bits per heavy atom. The number of thioether (sulfide) groups is 1. The standard InChI is InChI=1S/C22H30ClN5OS/c1-3-4-5-10-24-21(29)18-8-6-17(7-9-18)16-30-22-25-19(23)15-20(26-22)28-13-11-27(2)12-14-28/h6-9,15H,3-5,10-14,16H2,1-2H3,(H,24,29). The Morgan fingerprint density at radius 3 is 2.57 bits per heavy atom. The maximum atomic E-state index is 12.2. The molecule has 30 heavy (non-hydrogen) atoms. The summed E-state index contributed by atoms with van der Waals surface area (Å²) in [6.07, 6.45) is 3.31. The lowest BCUT2D eigenvalue weighted by molar-refractivity contribution is 0.0953. The monoisotopic (exact) mass is 447 g/mol. The maximum absolute atomic E-state index is 12.2. The number of hydrogen-bond acceptors (Lipinski definition) is 6. The van der Waals surface area contributed by atoms with Crippen molar-refractivity contribution < 1.29 is 4.79 Å². The first-order chi connectivity index (χ1) is 14.5. The van der Waals surface area contributed by atoms with Crippen molar-refractivity contribution in [1.82, 2.24) is 20.2 Å². The Labute approximate surface area is 188 Å². The van der Waals surface area contributed by atoms with Crippen molar-refractivity contribution in [2.45, 2.75) is 37.1 Å². The van der Waals surface area contributed by atoms with Crippen molar-refractivity contribution in [3.8, 4) is 0 Å². The van der Waals surface area contributed by atoms with E-state index in [9.17, 15) is 4.79 Å². The Kier molecular flexibility index (Phi) is 8.78. The largest absolute Gasteiger partial charge is 0.354 e. The number of unbranched alkanes of at least 4 members (excludes halogenated alkanes) is 2. The van der Waals surface area contributed by atoms with Gasteiger partial charge in [0.05, 0.1) is 0 Å². The summed E-state index contributed by atoms with van der Waals surface area (Å²) in [5, 5.41) is 4.12. The molecule has 3 rings (SSSR count). The summed E-state index contributed by atoms with van der Waals surface area (Å²) in [4.78, 5) is 25.8. The maximum Gasteiger partial charge on any atom is 0.251 e. The molecule has 0 unspecified atom stereocenters. The van der Waals surface area contributed by atoms with Crippen LogP contribution in [0.1, 0.15) is 42.1 Å². The van der Waals surface area contributed by atoms with Crippen LogP contribution < -0.4 is 10.2 Å². The number of amides is 1. The zero-order valence-corrected chi connectivity index (χ0v) is 19.3. The summed E-state index contributed by atoms with van der Waals surface area (Å²) in [6, 6.07) is 9.56. The number of carbonyl (C=O) groups excluding carboxylic acids is 1. The van der Waals surface area contributed by atoms with Crippen molar-refractivity contribution in [1.29, 1.82) is 0 Å². The molecule has 6 nitrogen and oxygen atoms in total. The van der Waals surface area contributed by atoms with Gasteiger partial charge in [-0.2, -0.15) is 0 Å². The number of benzene rings is 1. The van der Waals surface area contributed by atoms with Crippen LogP contribution in [0.5, 0.6) is 0 Å². The molecule has 162 valence electrons. The van der Waals surface area contributed by atoms with Crippen molar-refractivity contribution in [3.63, 3.8) is 0 Å². The Morgan fingerprint density at radius 2 is 1.87 bits per heavy atom. The van der Waals surface area contributed by atoms with Crippen LogP contribution in [0, 0.1) is 0 Å². The molecule has 1 aliphatic rings. The predicted molar refractivity (Wildman–Crippen MR) is 125 cm³/mol. The number of piperazine rings is 1. The highest BCUT2D eigenvalue weighted by Gasteiger charge is 2.17. The van der Waals surface area contributed by atoms with Crippen molar-refractivity contribution in [2.75, 3.05) is 44.7 Å². The second-order valence-electron chi connectivity index (χ2n) is 7.57. The van der Waals surface area contributed by atoms with Crippen LogP contribution >= 0.6 is 23.4 Å². The molecule has 0 bridgehead atoms. The fourth-order valence-electron chi connectivity index (χ4n) is 3.23. The first-order valence-corrected chi connectivity index (χ1v) is 11.9. The minimum atomic E-state index is -0.0136. The van der Waals surface area contributed by atoms with Crippen LogP contribution in [-0.2, 0) is 5.75 Å². The number of likely N-dealkylation sites (N-methyl/N-ethyl adjacent to an activating group) is 1. The second-order valence-corrected chi connectivity index (χ2v) is 8.90. The lowest BCUT2D eigenvalue weighted by atomic mass is 10.1. The molecule has 0 saturated carbocycles. The molecule has 8 heteroatoms. The van der Waals surface area contributed by atoms with E-state index in [-0.39, 0.29) is 5.91 Å². The smallest absolute Gasteiger partial charge is 0.251 e. The van der Waals surface area contributed by atoms with Crippen molar-refractivity contribution in [2.24, 2.45) is 0 Å². The Hall–Kier alpha value is -1.83. The Balaban J connectivity index is 1.54. The van der Waals surface area contributed by atoms with Gasteiger partial charge >= 0.3 is 0 Å². The lowest BCUT2D eigenvalue weighted by Crippen LogP contribution is -2.44. The highest BCUT2D eigenvalue weighted by Crippen LogP contribution is 2.25. The molecule has 0 spiro atoms. The van der Waals surface area contributed by atoms with E-state index in [1.54, 1.807) is 11.8 Å². The van der Waals surface area contributed by atoms with Crippen LogP contribution in [0.2, 0.25) is 5.15 Å². The lowest BCUT2D eigenvalue weighted by Gasteiger charge is -2.33. The van der Waals surface area contributed by atoms with Crippen molar-refractivity contribution >= 4 is 35.1 Å². The fourth-order valence-corrected chi connectivity index (χ4v) is 4.26. The van der Waals surface area contributed by atoms with E-state index in [1.165, 1.54) is 0 Å². The number of carbonyl (C=O) groups is 1. The van der Waals surface area contributed by atoms with Gasteiger partial charge < -0.3 is 15.1 Å². The summed E-state index contributed by atoms with van der Waals surface area (Å²) in [5.41, 5.74) is 1.81. The molecular weight excluding hydrogens is 418 g/mol. The molecule has 1 fully saturated rings. The molecule has 0 radical (unpaired) electrons. The SMILES string of the molecule is CCCCCNC(=O)c1ccc(CSc2nc(Cl)cc(N3CCN(C)CC3)n2)cc1. The first kappa shape index (κ1) is 22.8. The molecule has 2 heterocycles. The molecule has 1 amide bonds. The van der Waals surface area contributed by atoms with Gasteiger partial charge in [-0.3, -0.25) is 4.79 Å². The normalized spacial score (nSPS) is 14.7. The minimum Gasteiger partial charge on any atom is -0.354 e. The molecule has 1 saturated heterocycles. The molecular formula is C22H30ClN5OS. The zero-order valence-electron chi connectivity index (χ0n) is 17.7. The van der Waals surface area contributed by atoms with Gasteiger partial charge in [0, 0.05) is 50.1 Å². The van der Waals surface area contributed by atoms with Gasteiger partial charge in [0.1, 0.15) is 11.0 Å². The summed E-state index contributed by atoms with van der Waals surface area (Å²) < 4.78 is 0. The highest BCUT2D eigenvalue weighted by molar-refractivity contribution is 7.98. The third-order valence-corrected chi connectivity index (χ3v) is 6.25. The quantitative estimate of drug-likeness (QED) is 0.270. The van der Waals surface area contributed by atoms with Crippen molar-refractivity contribution in [3.05, 3.63) is 46.6 Å². The molecule has 1 aromatic heterocycles. The van der Waals surface area contributed by atoms with E-state index in [4.69, 9.17) is 16.6 Å². The number of anilines is 1. The molecule has 1 N–H and O–H groups in total. The number of nitrogens with zero attached hydrogens (tertiary/aromatic N) is 4. The van der Waals surface area contributed by atoms with Crippen LogP contribution in [0.25, 0.3) is 0 Å². The molecule has 2 aromatic rings. The van der Waals surface area contributed by atoms with E-state index in [0.717, 1.165) is 69.1 Å². The van der Waals surface area contributed by atoms with Gasteiger partial charge in [0.25, 0.3) is 5.91 Å². The van der Waals surface area contributed by atoms with E-state index >= 15 is 0 Å². The molecule has 0 atom stereocenters. The summed E-state index contributed by atoms with van der Waals surface area (Å²) in [7, 11) is 2.13. The topological polar surface area (TPSA) is 61.4 Å². The summed E-state index contributed by atoms with van der Waals surface area (Å²) in [5.74, 6) is 1.60. The summed E-state index contributed by atoms with van der Waals surface area (Å²) >= 11 is 7.81. The second kappa shape index (κ2) is 11.5. The summed E-state index contributed by atoms with van der Waals surface area (Å²) in [6.45, 7) is 6.79. The average molecular weight is 448 g/mol. The van der Waals surface area contributed by atoms with E-state index in [1.807, 2.05) is 30.3 Å². The van der Waals surface area contributed by atoms with Gasteiger partial charge in [-0.15, -0.1) is 0 Å². The number of nitrogens with one attached hydrogen (secondary N) is 1. The van der Waals surface area contributed by atoms with Crippen LogP contribution in [0.4, 0.5) is 5.82 Å². The predicted octanol–water partition coefficient (Wildman–Crippen LogP) is 4.09. The molecule has 1 aliphatic heterocycles. The first-order valence-electron chi connectivity index (χ1n) is 10.5. The van der Waals surface area contributed by atoms with Crippen LogP contribution in [-0.4, -0.2) is 60.5 Å². The van der Waals surface area contributed by atoms with Gasteiger partial charge in [-0.05, 0) is 31.2 Å². The third-order valence-electron chi connectivity index (χ3n) is 5.14. The third kappa shape index (κ3) is 6.86. The number of rotatable bonds is 9. The van der Waals surface area contributed by atoms with Gasteiger partial charge in [0.15, 0.2) is 5.16 Å². The van der Waals surface area contributed by atoms with E-state index in [0.29, 0.717) is 15.9 Å². The van der Waals surface area contributed by atoms with E-state index in [2.05, 4.69) is 34.1 Å².